The molecule has 0 amide bonds. The quantitative estimate of drug-likeness (QED) is 0.264. The maximum absolute atomic E-state index is 11.9. The van der Waals surface area contributed by atoms with Crippen LogP contribution in [0.1, 0.15) is 103 Å². The van der Waals surface area contributed by atoms with E-state index in [9.17, 15) is 9.90 Å². The summed E-state index contributed by atoms with van der Waals surface area (Å²) in [6.07, 6.45) is 17.7. The van der Waals surface area contributed by atoms with E-state index in [-0.39, 0.29) is 11.7 Å². The third-order valence-electron chi connectivity index (χ3n) is 5.34. The molecule has 1 unspecified atom stereocenters. The van der Waals surface area contributed by atoms with Crippen molar-refractivity contribution >= 4 is 11.9 Å². The van der Waals surface area contributed by atoms with E-state index in [1.54, 1.807) is 0 Å². The van der Waals surface area contributed by atoms with E-state index >= 15 is 0 Å². The van der Waals surface area contributed by atoms with Crippen LogP contribution in [0.4, 0.5) is 0 Å². The maximum Gasteiger partial charge on any atom is 0.354 e. The van der Waals surface area contributed by atoms with Crippen molar-refractivity contribution in [2.45, 2.75) is 109 Å². The van der Waals surface area contributed by atoms with Gasteiger partial charge in [0.1, 0.15) is 5.70 Å². The minimum absolute atomic E-state index is 0.0395. The molecule has 28 heavy (non-hydrogen) atoms. The molecule has 0 radical (unpaired) electrons. The number of esters is 1. The second kappa shape index (κ2) is 15.4. The summed E-state index contributed by atoms with van der Waals surface area (Å²) in [5.74, 6) is -0.477. The third-order valence-corrected chi connectivity index (χ3v) is 5.34. The molecule has 1 aliphatic rings. The number of aliphatic hydroxyl groups excluding tert-OH is 1. The molecule has 1 aliphatic heterocycles. The number of hydrogen-bond acceptors (Lipinski definition) is 6. The summed E-state index contributed by atoms with van der Waals surface area (Å²) in [5, 5.41) is 12.8. The number of guanidine groups is 1. The van der Waals surface area contributed by atoms with Gasteiger partial charge in [-0.2, -0.15) is 0 Å². The summed E-state index contributed by atoms with van der Waals surface area (Å²) in [4.78, 5) is 15.7. The Labute approximate surface area is 171 Å². The molecule has 0 saturated carbocycles. The molecule has 6 heteroatoms. The summed E-state index contributed by atoms with van der Waals surface area (Å²) in [5.41, 5.74) is 6.39. The molecule has 0 aromatic carbocycles. The Bertz CT molecular complexity index is 503. The summed E-state index contributed by atoms with van der Waals surface area (Å²) >= 11 is 0. The first-order chi connectivity index (χ1) is 13.6. The summed E-state index contributed by atoms with van der Waals surface area (Å²) < 4.78 is 4.76. The van der Waals surface area contributed by atoms with Crippen LogP contribution in [0.15, 0.2) is 16.3 Å². The Kier molecular flexibility index (Phi) is 13.4. The Hall–Kier alpha value is -1.56. The topological polar surface area (TPSA) is 96.9 Å². The monoisotopic (exact) mass is 395 g/mol. The Balaban J connectivity index is 2.06. The normalized spacial score (nSPS) is 16.7. The molecule has 1 heterocycles. The molecule has 0 spiro atoms. The van der Waals surface area contributed by atoms with Gasteiger partial charge in [0.2, 0.25) is 0 Å². The number of nitrogens with two attached hydrogens (primary N) is 1. The second-order valence-electron chi connectivity index (χ2n) is 7.75. The van der Waals surface area contributed by atoms with Crippen molar-refractivity contribution < 1.29 is 14.6 Å². The number of nitrogens with one attached hydrogen (secondary N) is 1. The molecule has 0 aromatic rings. The zero-order chi connectivity index (χ0) is 20.6. The average molecular weight is 396 g/mol. The van der Waals surface area contributed by atoms with Gasteiger partial charge in [-0.3, -0.25) is 0 Å². The summed E-state index contributed by atoms with van der Waals surface area (Å²) in [7, 11) is 1.31. The van der Waals surface area contributed by atoms with E-state index in [0.717, 1.165) is 12.8 Å². The molecule has 0 fully saturated rings. The molecule has 0 aliphatic carbocycles. The molecule has 6 nitrogen and oxygen atoms in total. The van der Waals surface area contributed by atoms with E-state index in [1.807, 2.05) is 0 Å². The highest BCUT2D eigenvalue weighted by Crippen LogP contribution is 2.21. The van der Waals surface area contributed by atoms with Crippen LogP contribution in [0, 0.1) is 0 Å². The van der Waals surface area contributed by atoms with Crippen molar-refractivity contribution in [1.82, 2.24) is 5.32 Å². The van der Waals surface area contributed by atoms with Crippen molar-refractivity contribution in [3.63, 3.8) is 0 Å². The predicted molar refractivity (Wildman–Crippen MR) is 115 cm³/mol. The van der Waals surface area contributed by atoms with Crippen molar-refractivity contribution in [2.75, 3.05) is 7.11 Å². The van der Waals surface area contributed by atoms with Crippen molar-refractivity contribution in [2.24, 2.45) is 10.7 Å². The number of unbranched alkanes of at least 4 members (excludes halogenated alkanes) is 13. The average Bonchev–Trinajstić information content (AvgIpc) is 2.68. The summed E-state index contributed by atoms with van der Waals surface area (Å²) in [6, 6.07) is 0. The van der Waals surface area contributed by atoms with Gasteiger partial charge in [0.25, 0.3) is 0 Å². The van der Waals surface area contributed by atoms with Gasteiger partial charge < -0.3 is 20.9 Å². The molecular formula is C22H41N3O3. The van der Waals surface area contributed by atoms with Gasteiger partial charge in [0, 0.05) is 5.57 Å². The summed E-state index contributed by atoms with van der Waals surface area (Å²) in [6.45, 7) is 2.26. The van der Waals surface area contributed by atoms with E-state index in [4.69, 9.17) is 10.5 Å². The second-order valence-corrected chi connectivity index (χ2v) is 7.75. The van der Waals surface area contributed by atoms with Gasteiger partial charge in [-0.05, 0) is 12.8 Å². The predicted octanol–water partition coefficient (Wildman–Crippen LogP) is 4.52. The number of carbonyl (C=O) groups excluding carboxylic acids is 1. The Morgan fingerprint density at radius 3 is 1.89 bits per heavy atom. The van der Waals surface area contributed by atoms with E-state index in [0.29, 0.717) is 12.0 Å². The van der Waals surface area contributed by atoms with Crippen LogP contribution >= 0.6 is 0 Å². The van der Waals surface area contributed by atoms with Gasteiger partial charge in [-0.15, -0.1) is 0 Å². The van der Waals surface area contributed by atoms with E-state index in [1.165, 1.54) is 84.2 Å². The zero-order valence-electron chi connectivity index (χ0n) is 18.0. The lowest BCUT2D eigenvalue weighted by atomic mass is 10.0. The number of nitrogens with zero attached hydrogens (tertiary/aromatic N) is 1. The lowest BCUT2D eigenvalue weighted by Gasteiger charge is -2.22. The molecule has 1 rings (SSSR count). The van der Waals surface area contributed by atoms with Gasteiger partial charge >= 0.3 is 5.97 Å². The Morgan fingerprint density at radius 2 is 1.43 bits per heavy atom. The van der Waals surface area contributed by atoms with Crippen LogP contribution in [0.25, 0.3) is 0 Å². The van der Waals surface area contributed by atoms with Gasteiger partial charge in [0.05, 0.1) is 7.11 Å². The number of hydrogen-bond donors (Lipinski definition) is 3. The van der Waals surface area contributed by atoms with E-state index < -0.39 is 12.2 Å². The number of ether oxygens (including phenoxy) is 1. The lowest BCUT2D eigenvalue weighted by molar-refractivity contribution is -0.136. The first kappa shape index (κ1) is 24.5. The van der Waals surface area contributed by atoms with Crippen LogP contribution in [0.3, 0.4) is 0 Å². The molecule has 0 aromatic heterocycles. The largest absolute Gasteiger partial charge is 0.464 e. The Morgan fingerprint density at radius 1 is 0.964 bits per heavy atom. The van der Waals surface area contributed by atoms with E-state index in [2.05, 4.69) is 17.2 Å². The van der Waals surface area contributed by atoms with Gasteiger partial charge in [0.15, 0.2) is 12.2 Å². The van der Waals surface area contributed by atoms with Crippen LogP contribution in [-0.4, -0.2) is 30.4 Å². The molecule has 4 N–H and O–H groups in total. The van der Waals surface area contributed by atoms with Crippen LogP contribution in [0.5, 0.6) is 0 Å². The fourth-order valence-electron chi connectivity index (χ4n) is 3.63. The van der Waals surface area contributed by atoms with Crippen molar-refractivity contribution in [3.05, 3.63) is 11.3 Å². The highest BCUT2D eigenvalue weighted by molar-refractivity contribution is 5.96. The van der Waals surface area contributed by atoms with Crippen molar-refractivity contribution in [1.29, 1.82) is 0 Å². The highest BCUT2D eigenvalue weighted by Gasteiger charge is 2.26. The van der Waals surface area contributed by atoms with Crippen LogP contribution in [-0.2, 0) is 9.53 Å². The van der Waals surface area contributed by atoms with Crippen LogP contribution in [0.2, 0.25) is 0 Å². The number of rotatable bonds is 16. The number of aliphatic hydroxyl groups is 1. The smallest absolute Gasteiger partial charge is 0.354 e. The molecule has 0 bridgehead atoms. The first-order valence-electron chi connectivity index (χ1n) is 11.2. The number of aliphatic imine (C=N–C) groups is 1. The number of carbonyl (C=O) groups is 1. The molecular weight excluding hydrogens is 354 g/mol. The highest BCUT2D eigenvalue weighted by atomic mass is 16.5. The first-order valence-corrected chi connectivity index (χ1v) is 11.2. The molecule has 1 atom stereocenters. The molecule has 162 valence electrons. The minimum Gasteiger partial charge on any atom is -0.464 e. The fraction of sp³-hybridized carbons (Fsp3) is 0.818. The fourth-order valence-corrected chi connectivity index (χ4v) is 3.63. The molecule has 0 saturated heterocycles. The van der Waals surface area contributed by atoms with Gasteiger partial charge in [-0.25, -0.2) is 9.79 Å². The zero-order valence-corrected chi connectivity index (χ0v) is 18.0. The standard InChI is InChI=1S/C22H41N3O3/c1-3-4-5-6-7-8-9-10-11-12-13-14-15-16-17-18-19(21(27)28-2)24-22(23)25-20(18)26/h20,26H,3-17H2,1-2H3,(H3,23,24,25). The number of methoxy groups -OCH3 is 1. The SMILES string of the molecule is CCCCCCCCCCCCCCCCC1=C(C(=O)OC)NC(N)=NC1O. The third kappa shape index (κ3) is 10.1. The minimum atomic E-state index is -1.06. The van der Waals surface area contributed by atoms with Crippen molar-refractivity contribution in [3.8, 4) is 0 Å². The van der Waals surface area contributed by atoms with Gasteiger partial charge in [-0.1, -0.05) is 90.4 Å². The lowest BCUT2D eigenvalue weighted by Crippen LogP contribution is -2.41. The maximum atomic E-state index is 11.9. The van der Waals surface area contributed by atoms with Crippen LogP contribution < -0.4 is 11.1 Å².